The molecule has 0 fully saturated rings. The van der Waals surface area contributed by atoms with E-state index in [1.165, 1.54) is 12.1 Å². The van der Waals surface area contributed by atoms with Gasteiger partial charge in [0.05, 0.1) is 25.4 Å². The smallest absolute Gasteiger partial charge is 0.446 e. The summed E-state index contributed by atoms with van der Waals surface area (Å²) in [7, 11) is -4.88. The fourth-order valence-corrected chi connectivity index (χ4v) is 8.34. The molecule has 0 aliphatic rings. The first-order valence-corrected chi connectivity index (χ1v) is 25.9. The Bertz CT molecular complexity index is 2860. The van der Waals surface area contributed by atoms with Gasteiger partial charge in [0.1, 0.15) is 42.0 Å². The van der Waals surface area contributed by atoms with E-state index in [4.69, 9.17) is 21.3 Å². The highest BCUT2D eigenvalue weighted by Gasteiger charge is 2.34. The minimum atomic E-state index is -4.88. The zero-order valence-corrected chi connectivity index (χ0v) is 43.3. The number of nitrogens with one attached hydrogen (secondary N) is 8. The Hall–Kier alpha value is -7.77. The molecule has 1 heterocycles. The highest BCUT2D eigenvalue weighted by molar-refractivity contribution is 7.81. The largest absolute Gasteiger partial charge is 0.481 e. The van der Waals surface area contributed by atoms with Crippen molar-refractivity contribution in [1.82, 2.24) is 42.2 Å². The number of hydrogen-bond acceptors (Lipinski definition) is 18. The molecule has 0 spiro atoms. The molecule has 0 aliphatic carbocycles. The van der Waals surface area contributed by atoms with Crippen molar-refractivity contribution >= 4 is 106 Å². The van der Waals surface area contributed by atoms with Gasteiger partial charge in [0.25, 0.3) is 0 Å². The highest BCUT2D eigenvalue weighted by atomic mass is 32.3. The number of H-pyrrole nitrogens is 1. The topological polar surface area (TPSA) is 436 Å². The van der Waals surface area contributed by atoms with Crippen LogP contribution in [0.1, 0.15) is 42.4 Å². The van der Waals surface area contributed by atoms with Crippen molar-refractivity contribution < 1.29 is 80.1 Å². The van der Waals surface area contributed by atoms with Crippen LogP contribution < -0.4 is 53.0 Å². The predicted molar refractivity (Wildman–Crippen MR) is 279 cm³/mol. The van der Waals surface area contributed by atoms with Gasteiger partial charge in [-0.2, -0.15) is 39.6 Å². The number of carbonyl (C=O) groups excluding carboxylic acids is 8. The molecule has 0 saturated heterocycles. The summed E-state index contributed by atoms with van der Waals surface area (Å²) in [5.74, 6) is -6.23. The number of fused-ring (bicyclic) bond motifs is 1. The normalized spacial score (nSPS) is 13.9. The molecule has 3 aromatic carbocycles. The summed E-state index contributed by atoms with van der Waals surface area (Å²) in [6, 6.07) is 9.44. The van der Waals surface area contributed by atoms with Crippen LogP contribution in [0.5, 0.6) is 5.75 Å². The standard InChI is InChI=1S/C47H58N10O17S3/c48-30(21-39(59)60)41(63)55-34(18-26-10-12-28(13-11-26)74-77(70,71)72)44(66)53-32(14-16-75)42(64)51-24-38(58)52-35(20-27-23-50-31-9-5-4-8-29(27)31)45(67)54-33(15-17-76)43(65)56-36(22-40(61)62)46(68)57-37(47(69)73-49)19-25-6-2-1-3-7-25/h1-13,23,30,32-37,50,75-76H,14-22,24,48-49H2,(H,51,64)(H,52,58)(H,53,66)(H,54,67)(H,55,63)(H,56,65)(H,57,68)(H,59,60)(H,61,62)(H,70,71,72)/t30-,32-,33-,34-,35-,36-,37-/m0/s1. The van der Waals surface area contributed by atoms with Gasteiger partial charge in [0, 0.05) is 36.4 Å². The van der Waals surface area contributed by atoms with Gasteiger partial charge in [-0.05, 0) is 59.2 Å². The fraction of sp³-hybridized carbons (Fsp3) is 0.362. The van der Waals surface area contributed by atoms with Crippen molar-refractivity contribution in [2.24, 2.45) is 11.6 Å². The Kier molecular flexibility index (Phi) is 24.1. The van der Waals surface area contributed by atoms with Crippen LogP contribution in [0.15, 0.2) is 85.1 Å². The van der Waals surface area contributed by atoms with Crippen LogP contribution >= 0.6 is 25.3 Å². The number of benzene rings is 3. The third-order valence-electron chi connectivity index (χ3n) is 11.2. The second-order valence-electron chi connectivity index (χ2n) is 17.0. The van der Waals surface area contributed by atoms with E-state index in [0.29, 0.717) is 22.0 Å². The first-order chi connectivity index (χ1) is 36.5. The first-order valence-electron chi connectivity index (χ1n) is 23.3. The maximum atomic E-state index is 14.2. The van der Waals surface area contributed by atoms with Crippen molar-refractivity contribution in [2.75, 3.05) is 18.1 Å². The molecule has 4 rings (SSSR count). The lowest BCUT2D eigenvalue weighted by Gasteiger charge is -2.26. The molecule has 0 aliphatic heterocycles. The molecular weight excluding hydrogens is 1070 g/mol. The zero-order chi connectivity index (χ0) is 56.8. The Morgan fingerprint density at radius 2 is 1.08 bits per heavy atom. The molecule has 0 bridgehead atoms. The van der Waals surface area contributed by atoms with E-state index < -0.39 is 131 Å². The van der Waals surface area contributed by atoms with Crippen LogP contribution in [0.3, 0.4) is 0 Å². The van der Waals surface area contributed by atoms with E-state index >= 15 is 0 Å². The van der Waals surface area contributed by atoms with E-state index in [9.17, 15) is 61.5 Å². The Labute approximate surface area is 450 Å². The van der Waals surface area contributed by atoms with Crippen molar-refractivity contribution in [3.63, 3.8) is 0 Å². The molecule has 1 aromatic heterocycles. The van der Waals surface area contributed by atoms with Crippen LogP contribution in [0.2, 0.25) is 0 Å². The molecule has 0 saturated carbocycles. The van der Waals surface area contributed by atoms with Gasteiger partial charge in [-0.1, -0.05) is 60.7 Å². The molecule has 27 nitrogen and oxygen atoms in total. The van der Waals surface area contributed by atoms with E-state index in [1.807, 2.05) is 0 Å². The lowest BCUT2D eigenvalue weighted by atomic mass is 10.0. The number of nitrogens with two attached hydrogens (primary N) is 2. The first kappa shape index (κ1) is 61.8. The number of aliphatic carboxylic acids is 2. The molecule has 7 amide bonds. The molecule has 15 N–H and O–H groups in total. The van der Waals surface area contributed by atoms with E-state index in [-0.39, 0.29) is 54.9 Å². The summed E-state index contributed by atoms with van der Waals surface area (Å²) < 4.78 is 35.7. The Morgan fingerprint density at radius 3 is 1.66 bits per heavy atom. The summed E-state index contributed by atoms with van der Waals surface area (Å²) in [4.78, 5) is 139. The third-order valence-corrected chi connectivity index (χ3v) is 12.1. The summed E-state index contributed by atoms with van der Waals surface area (Å²) in [6.45, 7) is -0.798. The van der Waals surface area contributed by atoms with Crippen LogP contribution in [0.25, 0.3) is 10.9 Å². The number of thiol groups is 2. The number of aromatic amines is 1. The maximum absolute atomic E-state index is 14.2. The third kappa shape index (κ3) is 20.7. The van der Waals surface area contributed by atoms with Crippen molar-refractivity contribution in [3.8, 4) is 5.75 Å². The molecular formula is C47H58N10O17S3. The van der Waals surface area contributed by atoms with Gasteiger partial charge in [0.15, 0.2) is 0 Å². The minimum Gasteiger partial charge on any atom is -0.481 e. The second kappa shape index (κ2) is 30.1. The molecule has 30 heteroatoms. The quantitative estimate of drug-likeness (QED) is 0.0144. The van der Waals surface area contributed by atoms with Gasteiger partial charge in [-0.25, -0.2) is 4.79 Å². The van der Waals surface area contributed by atoms with Crippen LogP contribution in [-0.4, -0.2) is 148 Å². The van der Waals surface area contributed by atoms with Gasteiger partial charge < -0.3 is 67.2 Å². The number of carboxylic acids is 2. The number of hydrogen-bond donors (Lipinski definition) is 15. The van der Waals surface area contributed by atoms with Gasteiger partial charge in [-0.3, -0.25) is 47.7 Å². The Morgan fingerprint density at radius 1 is 0.584 bits per heavy atom. The SMILES string of the molecule is NOC(=O)[C@H](Cc1ccccc1)NC(=O)[C@H](CC(=O)O)NC(=O)[C@H](CCS)NC(=O)[C@H](Cc1c[nH]c2ccccc12)NC(=O)CNC(=O)[C@H](CCS)NC(=O)[C@H](Cc1ccc(OS(=O)(=O)O)cc1)NC(=O)[C@@H](N)CC(=O)O. The maximum Gasteiger partial charge on any atom is 0.446 e. The summed E-state index contributed by atoms with van der Waals surface area (Å²) in [5, 5.41) is 36.4. The highest BCUT2D eigenvalue weighted by Crippen LogP contribution is 2.20. The van der Waals surface area contributed by atoms with Crippen molar-refractivity contribution in [2.45, 2.75) is 87.2 Å². The molecule has 0 radical (unpaired) electrons. The summed E-state index contributed by atoms with van der Waals surface area (Å²) in [6.07, 6.45) is -1.17. The predicted octanol–water partition coefficient (Wildman–Crippen LogP) is -2.26. The zero-order valence-electron chi connectivity index (χ0n) is 40.7. The molecule has 7 atom stereocenters. The minimum absolute atomic E-state index is 0.00633. The van der Waals surface area contributed by atoms with Crippen LogP contribution in [-0.2, 0) is 82.4 Å². The molecule has 4 aromatic rings. The van der Waals surface area contributed by atoms with Gasteiger partial charge in [0.2, 0.25) is 41.4 Å². The molecule has 77 heavy (non-hydrogen) atoms. The number of rotatable bonds is 31. The lowest BCUT2D eigenvalue weighted by Crippen LogP contribution is -2.59. The summed E-state index contributed by atoms with van der Waals surface area (Å²) >= 11 is 8.38. The number of aromatic nitrogens is 1. The van der Waals surface area contributed by atoms with Crippen LogP contribution in [0, 0.1) is 0 Å². The Balaban J connectivity index is 1.52. The number of para-hydroxylation sites is 1. The molecule has 416 valence electrons. The van der Waals surface area contributed by atoms with Crippen molar-refractivity contribution in [3.05, 3.63) is 102 Å². The molecule has 0 unspecified atom stereocenters. The average molecular weight is 1130 g/mol. The number of carbonyl (C=O) groups is 10. The van der Waals surface area contributed by atoms with Crippen molar-refractivity contribution in [1.29, 1.82) is 0 Å². The average Bonchev–Trinajstić information content (AvgIpc) is 3.78. The van der Waals surface area contributed by atoms with Crippen LogP contribution in [0.4, 0.5) is 0 Å². The van der Waals surface area contributed by atoms with Gasteiger partial charge >= 0.3 is 28.3 Å². The van der Waals surface area contributed by atoms with Gasteiger partial charge in [-0.15, -0.1) is 0 Å². The van der Waals surface area contributed by atoms with E-state index in [1.54, 1.807) is 60.8 Å². The monoisotopic (exact) mass is 1130 g/mol. The fourth-order valence-electron chi connectivity index (χ4n) is 7.47. The number of amides is 7. The van der Waals surface area contributed by atoms with E-state index in [2.05, 4.69) is 76.5 Å². The number of carboxylic acid groups (broad SMARTS) is 2. The summed E-state index contributed by atoms with van der Waals surface area (Å²) in [5.41, 5.74) is 7.79. The van der Waals surface area contributed by atoms with E-state index in [0.717, 1.165) is 12.1 Å². The second-order valence-corrected chi connectivity index (χ2v) is 18.9. The lowest BCUT2D eigenvalue weighted by molar-refractivity contribution is -0.149.